The fourth-order valence-corrected chi connectivity index (χ4v) is 9.03. The van der Waals surface area contributed by atoms with Crippen molar-refractivity contribution >= 4 is 58.5 Å². The van der Waals surface area contributed by atoms with E-state index in [0.29, 0.717) is 67.0 Å². The van der Waals surface area contributed by atoms with Crippen molar-refractivity contribution in [3.63, 3.8) is 0 Å². The van der Waals surface area contributed by atoms with E-state index in [4.69, 9.17) is 14.5 Å². The van der Waals surface area contributed by atoms with Crippen LogP contribution in [0.1, 0.15) is 92.1 Å². The Kier molecular flexibility index (Phi) is 17.0. The predicted octanol–water partition coefficient (Wildman–Crippen LogP) is 13.4. The number of carbonyl (C=O) groups is 3. The van der Waals surface area contributed by atoms with Crippen molar-refractivity contribution in [1.82, 2.24) is 0 Å². The Balaban J connectivity index is 0.00000335. The minimum atomic E-state index is -0.480. The lowest BCUT2D eigenvalue weighted by molar-refractivity contribution is -0.313. The molecule has 1 aliphatic carbocycles. The molecule has 0 unspecified atom stereocenters. The summed E-state index contributed by atoms with van der Waals surface area (Å²) in [6.07, 6.45) is 1.79. The fourth-order valence-electron chi connectivity index (χ4n) is 6.88. The highest BCUT2D eigenvalue weighted by Gasteiger charge is 2.38. The lowest BCUT2D eigenvalue weighted by atomic mass is 9.82. The molecule has 0 heterocycles. The Morgan fingerprint density at radius 1 is 0.562 bits per heavy atom. The topological polar surface area (TPSA) is 103 Å². The van der Waals surface area contributed by atoms with Crippen molar-refractivity contribution in [3.05, 3.63) is 197 Å². The van der Waals surface area contributed by atoms with Crippen LogP contribution in [0.2, 0.25) is 0 Å². The first kappa shape index (κ1) is 47.3. The van der Waals surface area contributed by atoms with Crippen molar-refractivity contribution in [2.24, 2.45) is 11.8 Å². The second kappa shape index (κ2) is 23.0. The molecule has 10 heteroatoms. The second-order valence-corrected chi connectivity index (χ2v) is 17.9. The lowest BCUT2D eigenvalue weighted by Crippen LogP contribution is -2.26. The maximum Gasteiger partial charge on any atom is 0.339 e. The van der Waals surface area contributed by atoms with E-state index in [1.54, 1.807) is 18.2 Å². The summed E-state index contributed by atoms with van der Waals surface area (Å²) < 4.78 is 5.74. The standard InChI is InChI=1S/C52H50N2O6S2.C2H4/c1-6-35-20-22-37(23-21-35)31-59-60-32-38-16-10-12-18-42(38)61-44-26-24-40(53-28-33(2)3)46-48(44)50(55)47-41(54-29-34(4)5)25-27-45(49(47)51(46)56)62-43-19-13-11-17-39(43)52(57)58-30-36-14-8-7-9-15-36;1-2/h6-27,33-34,53-54H,1,28-32H2,2-5H3;1-2H2. The molecule has 0 spiro atoms. The molecule has 1 aliphatic rings. The van der Waals surface area contributed by atoms with Gasteiger partial charge in [-0.3, -0.25) is 9.59 Å². The summed E-state index contributed by atoms with van der Waals surface area (Å²) in [4.78, 5) is 58.2. The van der Waals surface area contributed by atoms with E-state index in [1.165, 1.54) is 23.5 Å². The zero-order valence-corrected chi connectivity index (χ0v) is 38.4. The van der Waals surface area contributed by atoms with Crippen LogP contribution in [0.25, 0.3) is 6.08 Å². The third-order valence-electron chi connectivity index (χ3n) is 10.1. The third kappa shape index (κ3) is 11.7. The average molecular weight is 891 g/mol. The Morgan fingerprint density at radius 2 is 1.06 bits per heavy atom. The van der Waals surface area contributed by atoms with Crippen LogP contribution in [0.5, 0.6) is 0 Å². The van der Waals surface area contributed by atoms with Gasteiger partial charge in [-0.05, 0) is 76.6 Å². The summed E-state index contributed by atoms with van der Waals surface area (Å²) in [5, 5.41) is 6.95. The summed E-state index contributed by atoms with van der Waals surface area (Å²) >= 11 is 2.69. The average Bonchev–Trinajstić information content (AvgIpc) is 3.32. The highest BCUT2D eigenvalue weighted by atomic mass is 32.2. The monoisotopic (exact) mass is 890 g/mol. The highest BCUT2D eigenvalue weighted by Crippen LogP contribution is 2.46. The zero-order chi connectivity index (χ0) is 45.6. The van der Waals surface area contributed by atoms with Gasteiger partial charge in [0.05, 0.1) is 16.7 Å². The van der Waals surface area contributed by atoms with E-state index < -0.39 is 5.97 Å². The highest BCUT2D eigenvalue weighted by molar-refractivity contribution is 7.99. The van der Waals surface area contributed by atoms with Gasteiger partial charge >= 0.3 is 5.97 Å². The second-order valence-electron chi connectivity index (χ2n) is 15.8. The van der Waals surface area contributed by atoms with Crippen molar-refractivity contribution in [2.75, 3.05) is 23.7 Å². The molecule has 6 aromatic carbocycles. The largest absolute Gasteiger partial charge is 0.457 e. The molecule has 0 radical (unpaired) electrons. The number of benzene rings is 6. The van der Waals surface area contributed by atoms with E-state index in [9.17, 15) is 4.79 Å². The summed E-state index contributed by atoms with van der Waals surface area (Å²) in [7, 11) is 0. The van der Waals surface area contributed by atoms with Gasteiger partial charge in [0, 0.05) is 55.2 Å². The van der Waals surface area contributed by atoms with Crippen molar-refractivity contribution < 1.29 is 28.9 Å². The van der Waals surface area contributed by atoms with Crippen molar-refractivity contribution in [3.8, 4) is 0 Å². The van der Waals surface area contributed by atoms with Crippen LogP contribution in [0.15, 0.2) is 167 Å². The Bertz CT molecular complexity index is 2590. The van der Waals surface area contributed by atoms with Crippen molar-refractivity contribution in [1.29, 1.82) is 0 Å². The number of nitrogens with one attached hydrogen (secondary N) is 2. The zero-order valence-electron chi connectivity index (χ0n) is 36.8. The van der Waals surface area contributed by atoms with E-state index in [0.717, 1.165) is 27.1 Å². The smallest absolute Gasteiger partial charge is 0.339 e. The Labute approximate surface area is 385 Å². The number of hydrogen-bond donors (Lipinski definition) is 2. The van der Waals surface area contributed by atoms with Gasteiger partial charge in [-0.2, -0.15) is 0 Å². The van der Waals surface area contributed by atoms with E-state index >= 15 is 9.59 Å². The van der Waals surface area contributed by atoms with Crippen LogP contribution in [-0.2, 0) is 34.3 Å². The van der Waals surface area contributed by atoms with Gasteiger partial charge in [0.15, 0.2) is 11.6 Å². The van der Waals surface area contributed by atoms with Gasteiger partial charge < -0.3 is 15.4 Å². The van der Waals surface area contributed by atoms with Crippen LogP contribution in [0.3, 0.4) is 0 Å². The van der Waals surface area contributed by atoms with E-state index in [2.05, 4.69) is 58.1 Å². The number of fused-ring (bicyclic) bond motifs is 2. The molecule has 0 bridgehead atoms. The SMILES string of the molecule is C=C.C=Cc1ccc(COOCc2ccccc2Sc2ccc(NCC(C)C)c3c2C(=O)c2c(NCC(C)C)ccc(Sc4ccccc4C(=O)OCc4ccccc4)c2C3=O)cc1. The number of ether oxygens (including phenoxy) is 1. The molecule has 64 heavy (non-hydrogen) atoms. The van der Waals surface area contributed by atoms with Gasteiger partial charge in [-0.1, -0.05) is 149 Å². The van der Waals surface area contributed by atoms with Gasteiger partial charge in [0.25, 0.3) is 0 Å². The number of hydrogen-bond acceptors (Lipinski definition) is 10. The summed E-state index contributed by atoms with van der Waals surface area (Å²) in [5.41, 5.74) is 6.55. The molecule has 0 aliphatic heterocycles. The Morgan fingerprint density at radius 3 is 1.64 bits per heavy atom. The number of ketones is 2. The van der Waals surface area contributed by atoms with Gasteiger partial charge in [0.1, 0.15) is 19.8 Å². The first-order valence-electron chi connectivity index (χ1n) is 21.2. The molecular weight excluding hydrogens is 837 g/mol. The maximum atomic E-state index is 15.3. The first-order valence-corrected chi connectivity index (χ1v) is 22.8. The molecule has 0 amide bonds. The molecule has 0 saturated carbocycles. The maximum absolute atomic E-state index is 15.3. The minimum Gasteiger partial charge on any atom is -0.457 e. The summed E-state index contributed by atoms with van der Waals surface area (Å²) in [5.74, 6) is -0.457. The number of esters is 1. The molecule has 0 aromatic heterocycles. The number of carbonyl (C=O) groups excluding carboxylic acids is 3. The molecule has 328 valence electrons. The molecule has 6 aromatic rings. The molecular formula is C54H54N2O6S2. The molecule has 2 N–H and O–H groups in total. The molecule has 7 rings (SSSR count). The van der Waals surface area contributed by atoms with E-state index in [1.807, 2.05) is 115 Å². The first-order chi connectivity index (χ1) is 31.1. The van der Waals surface area contributed by atoms with Gasteiger partial charge in [-0.25, -0.2) is 14.6 Å². The van der Waals surface area contributed by atoms with Crippen molar-refractivity contribution in [2.45, 2.75) is 67.1 Å². The normalized spacial score (nSPS) is 11.7. The van der Waals surface area contributed by atoms with Gasteiger partial charge in [0.2, 0.25) is 0 Å². The minimum absolute atomic E-state index is 0.122. The summed E-state index contributed by atoms with van der Waals surface area (Å²) in [6, 6.07) is 39.9. The molecule has 0 saturated heterocycles. The van der Waals surface area contributed by atoms with Crippen LogP contribution in [-0.4, -0.2) is 30.6 Å². The Hall–Kier alpha value is -6.17. The van der Waals surface area contributed by atoms with Crippen LogP contribution in [0.4, 0.5) is 11.4 Å². The quantitative estimate of drug-likeness (QED) is 0.0268. The van der Waals surface area contributed by atoms with Gasteiger partial charge in [-0.15, -0.1) is 13.2 Å². The molecule has 0 atom stereocenters. The number of rotatable bonds is 19. The van der Waals surface area contributed by atoms with E-state index in [-0.39, 0.29) is 43.2 Å². The van der Waals surface area contributed by atoms with Crippen LogP contribution < -0.4 is 10.6 Å². The molecule has 8 nitrogen and oxygen atoms in total. The van der Waals surface area contributed by atoms with Crippen LogP contribution >= 0.6 is 23.5 Å². The lowest BCUT2D eigenvalue weighted by Gasteiger charge is -2.27. The summed E-state index contributed by atoms with van der Waals surface area (Å²) in [6.45, 7) is 19.9. The van der Waals surface area contributed by atoms with Crippen LogP contribution in [0, 0.1) is 11.8 Å². The predicted molar refractivity (Wildman–Crippen MR) is 260 cm³/mol. The number of anilines is 2. The third-order valence-corrected chi connectivity index (χ3v) is 12.4. The molecule has 0 fully saturated rings. The fraction of sp³-hybridized carbons (Fsp3) is 0.204.